The van der Waals surface area contributed by atoms with Gasteiger partial charge in [-0.25, -0.2) is 14.6 Å². The molecule has 22 heavy (non-hydrogen) atoms. The normalized spacial score (nSPS) is 21.3. The molecule has 116 valence electrons. The maximum atomic E-state index is 11.9. The molecule has 8 heteroatoms. The Bertz CT molecular complexity index is 738. The summed E-state index contributed by atoms with van der Waals surface area (Å²) in [7, 11) is 1.78. The zero-order valence-electron chi connectivity index (χ0n) is 12.7. The minimum atomic E-state index is -0.0607. The molecule has 1 aliphatic rings. The van der Waals surface area contributed by atoms with Gasteiger partial charge < -0.3 is 16.0 Å². The van der Waals surface area contributed by atoms with Crippen molar-refractivity contribution in [2.75, 3.05) is 24.6 Å². The van der Waals surface area contributed by atoms with Gasteiger partial charge in [0, 0.05) is 19.6 Å². The predicted molar refractivity (Wildman–Crippen MR) is 84.3 cm³/mol. The van der Waals surface area contributed by atoms with Gasteiger partial charge in [-0.3, -0.25) is 4.79 Å². The van der Waals surface area contributed by atoms with Crippen LogP contribution < -0.4 is 11.1 Å². The molecule has 0 radical (unpaired) electrons. The first-order valence-corrected chi connectivity index (χ1v) is 7.16. The number of amides is 1. The minimum Gasteiger partial charge on any atom is -0.383 e. The number of nitrogens with zero attached hydrogens (tertiary/aromatic N) is 5. The molecule has 2 aromatic rings. The van der Waals surface area contributed by atoms with Crippen molar-refractivity contribution in [1.29, 1.82) is 0 Å². The molecule has 0 saturated carbocycles. The molecule has 1 amide bonds. The molecule has 0 bridgehead atoms. The first kappa shape index (κ1) is 14.3. The SMILES string of the molecule is C=CC(=O)N1C[C@H](n2nc(NC)c3c(N)ncnc32)C[C@H]1C. The van der Waals surface area contributed by atoms with Crippen LogP contribution in [0.25, 0.3) is 11.0 Å². The van der Waals surface area contributed by atoms with Crippen molar-refractivity contribution in [3.05, 3.63) is 19.0 Å². The lowest BCUT2D eigenvalue weighted by Crippen LogP contribution is -2.32. The van der Waals surface area contributed by atoms with E-state index in [2.05, 4.69) is 27.0 Å². The fraction of sp³-hybridized carbons (Fsp3) is 0.429. The second-order valence-corrected chi connectivity index (χ2v) is 5.43. The average molecular weight is 301 g/mol. The van der Waals surface area contributed by atoms with E-state index >= 15 is 0 Å². The Morgan fingerprint density at radius 2 is 2.32 bits per heavy atom. The van der Waals surface area contributed by atoms with Crippen molar-refractivity contribution in [1.82, 2.24) is 24.6 Å². The number of hydrogen-bond donors (Lipinski definition) is 2. The number of anilines is 2. The summed E-state index contributed by atoms with van der Waals surface area (Å²) in [6, 6.07) is 0.185. The monoisotopic (exact) mass is 301 g/mol. The van der Waals surface area contributed by atoms with E-state index in [1.54, 1.807) is 11.9 Å². The molecule has 3 N–H and O–H groups in total. The number of nitrogens with two attached hydrogens (primary N) is 1. The largest absolute Gasteiger partial charge is 0.383 e. The second-order valence-electron chi connectivity index (χ2n) is 5.43. The number of carbonyl (C=O) groups excluding carboxylic acids is 1. The van der Waals surface area contributed by atoms with Crippen LogP contribution in [0.2, 0.25) is 0 Å². The van der Waals surface area contributed by atoms with E-state index in [1.807, 2.05) is 11.6 Å². The molecular weight excluding hydrogens is 282 g/mol. The molecule has 2 aromatic heterocycles. The summed E-state index contributed by atoms with van der Waals surface area (Å²) in [5.74, 6) is 0.981. The maximum absolute atomic E-state index is 11.9. The van der Waals surface area contributed by atoms with E-state index in [9.17, 15) is 4.79 Å². The first-order chi connectivity index (χ1) is 10.6. The van der Waals surface area contributed by atoms with Gasteiger partial charge in [0.25, 0.3) is 0 Å². The lowest BCUT2D eigenvalue weighted by Gasteiger charge is -2.19. The fourth-order valence-electron chi connectivity index (χ4n) is 3.03. The van der Waals surface area contributed by atoms with E-state index in [1.165, 1.54) is 12.4 Å². The molecule has 0 spiro atoms. The van der Waals surface area contributed by atoms with Gasteiger partial charge in [0.1, 0.15) is 17.5 Å². The molecular formula is C14H19N7O. The van der Waals surface area contributed by atoms with Crippen LogP contribution in [0, 0.1) is 0 Å². The number of nitrogen functional groups attached to an aromatic ring is 1. The van der Waals surface area contributed by atoms with Crippen LogP contribution >= 0.6 is 0 Å². The summed E-state index contributed by atoms with van der Waals surface area (Å²) in [4.78, 5) is 22.0. The third-order valence-electron chi connectivity index (χ3n) is 4.11. The number of fused-ring (bicyclic) bond motifs is 1. The number of aromatic nitrogens is 4. The van der Waals surface area contributed by atoms with Gasteiger partial charge >= 0.3 is 0 Å². The molecule has 8 nitrogen and oxygen atoms in total. The lowest BCUT2D eigenvalue weighted by atomic mass is 10.2. The van der Waals surface area contributed by atoms with Gasteiger partial charge in [0.05, 0.1) is 6.04 Å². The van der Waals surface area contributed by atoms with Crippen molar-refractivity contribution >= 4 is 28.6 Å². The topological polar surface area (TPSA) is 102 Å². The highest BCUT2D eigenvalue weighted by atomic mass is 16.2. The van der Waals surface area contributed by atoms with E-state index in [0.717, 1.165) is 6.42 Å². The Labute approximate surface area is 128 Å². The molecule has 3 rings (SSSR count). The molecule has 1 saturated heterocycles. The number of carbonyl (C=O) groups is 1. The van der Waals surface area contributed by atoms with Crippen LogP contribution in [0.4, 0.5) is 11.6 Å². The van der Waals surface area contributed by atoms with Crippen LogP contribution in [0.1, 0.15) is 19.4 Å². The number of nitrogens with one attached hydrogen (secondary N) is 1. The first-order valence-electron chi connectivity index (χ1n) is 7.16. The second kappa shape index (κ2) is 5.28. The maximum Gasteiger partial charge on any atom is 0.246 e. The van der Waals surface area contributed by atoms with Gasteiger partial charge in [0.2, 0.25) is 5.91 Å². The Morgan fingerprint density at radius 3 is 3.00 bits per heavy atom. The number of hydrogen-bond acceptors (Lipinski definition) is 6. The van der Waals surface area contributed by atoms with Crippen molar-refractivity contribution in [2.45, 2.75) is 25.4 Å². The van der Waals surface area contributed by atoms with Crippen LogP contribution in [0.15, 0.2) is 19.0 Å². The molecule has 2 atom stereocenters. The van der Waals surface area contributed by atoms with Crippen molar-refractivity contribution in [3.63, 3.8) is 0 Å². The molecule has 0 unspecified atom stereocenters. The van der Waals surface area contributed by atoms with Crippen molar-refractivity contribution in [3.8, 4) is 0 Å². The highest BCUT2D eigenvalue weighted by Crippen LogP contribution is 2.33. The highest BCUT2D eigenvalue weighted by Gasteiger charge is 2.34. The molecule has 1 fully saturated rings. The molecule has 3 heterocycles. The summed E-state index contributed by atoms with van der Waals surface area (Å²) in [6.45, 7) is 6.16. The number of likely N-dealkylation sites (tertiary alicyclic amines) is 1. The Hall–Kier alpha value is -2.64. The van der Waals surface area contributed by atoms with Crippen molar-refractivity contribution < 1.29 is 4.79 Å². The lowest BCUT2D eigenvalue weighted by molar-refractivity contribution is -0.126. The van der Waals surface area contributed by atoms with E-state index in [0.29, 0.717) is 29.2 Å². The van der Waals surface area contributed by atoms with Crippen LogP contribution in [-0.4, -0.2) is 50.2 Å². The van der Waals surface area contributed by atoms with E-state index in [-0.39, 0.29) is 18.0 Å². The summed E-state index contributed by atoms with van der Waals surface area (Å²) >= 11 is 0. The number of rotatable bonds is 3. The quantitative estimate of drug-likeness (QED) is 0.813. The highest BCUT2D eigenvalue weighted by molar-refractivity contribution is 5.95. The summed E-state index contributed by atoms with van der Waals surface area (Å²) in [6.07, 6.45) is 3.59. The summed E-state index contributed by atoms with van der Waals surface area (Å²) < 4.78 is 1.84. The van der Waals surface area contributed by atoms with Crippen LogP contribution in [0.3, 0.4) is 0 Å². The van der Waals surface area contributed by atoms with Gasteiger partial charge in [-0.05, 0) is 19.4 Å². The standard InChI is InChI=1S/C14H19N7O/c1-4-10(22)20-6-9(5-8(20)2)21-14-11(13(16-3)19-21)12(15)17-7-18-14/h4,7-9H,1,5-6H2,2-3H3,(H,16,19)(H2,15,17,18)/t8-,9-/m1/s1. The smallest absolute Gasteiger partial charge is 0.246 e. The average Bonchev–Trinajstić information content (AvgIpc) is 3.08. The Kier molecular flexibility index (Phi) is 3.44. The van der Waals surface area contributed by atoms with Gasteiger partial charge in [-0.15, -0.1) is 0 Å². The van der Waals surface area contributed by atoms with Gasteiger partial charge in [0.15, 0.2) is 11.5 Å². The van der Waals surface area contributed by atoms with Crippen LogP contribution in [-0.2, 0) is 4.79 Å². The molecule has 0 aromatic carbocycles. The van der Waals surface area contributed by atoms with Gasteiger partial charge in [-0.1, -0.05) is 6.58 Å². The van der Waals surface area contributed by atoms with E-state index < -0.39 is 0 Å². The summed E-state index contributed by atoms with van der Waals surface area (Å²) in [5.41, 5.74) is 6.63. The zero-order valence-corrected chi connectivity index (χ0v) is 12.7. The third kappa shape index (κ3) is 2.07. The Morgan fingerprint density at radius 1 is 1.55 bits per heavy atom. The Balaban J connectivity index is 2.03. The summed E-state index contributed by atoms with van der Waals surface area (Å²) in [5, 5.41) is 8.30. The van der Waals surface area contributed by atoms with E-state index in [4.69, 9.17) is 5.73 Å². The van der Waals surface area contributed by atoms with Crippen LogP contribution in [0.5, 0.6) is 0 Å². The molecule has 1 aliphatic heterocycles. The third-order valence-corrected chi connectivity index (χ3v) is 4.11. The van der Waals surface area contributed by atoms with Gasteiger partial charge in [-0.2, -0.15) is 5.10 Å². The zero-order chi connectivity index (χ0) is 15.9. The minimum absolute atomic E-state index is 0.0535. The predicted octanol–water partition coefficient (Wildman–Crippen LogP) is 0.798. The van der Waals surface area contributed by atoms with Crippen molar-refractivity contribution in [2.24, 2.45) is 0 Å². The molecule has 0 aliphatic carbocycles. The fourth-order valence-corrected chi connectivity index (χ4v) is 3.03.